The van der Waals surface area contributed by atoms with E-state index in [0.717, 1.165) is 22.3 Å². The highest BCUT2D eigenvalue weighted by Crippen LogP contribution is 2.14. The molecule has 1 heteroatoms. The Morgan fingerprint density at radius 2 is 1.69 bits per heavy atom. The minimum absolute atomic E-state index is 0.0989. The predicted octanol–water partition coefficient (Wildman–Crippen LogP) is 3.53. The quantitative estimate of drug-likeness (QED) is 0.693. The van der Waals surface area contributed by atoms with Crippen molar-refractivity contribution in [1.29, 1.82) is 0 Å². The molecule has 0 fully saturated rings. The zero-order chi connectivity index (χ0) is 11.5. The van der Waals surface area contributed by atoms with Gasteiger partial charge in [-0.1, -0.05) is 48.0 Å². The van der Waals surface area contributed by atoms with Gasteiger partial charge in [0.05, 0.1) is 0 Å². The molecule has 0 spiro atoms. The van der Waals surface area contributed by atoms with Crippen LogP contribution in [-0.2, 0) is 0 Å². The van der Waals surface area contributed by atoms with Gasteiger partial charge >= 0.3 is 0 Å². The lowest BCUT2D eigenvalue weighted by atomic mass is 9.98. The SMILES string of the molecule is Cc1cccc(C(=O)c2ccccc2C)c1. The van der Waals surface area contributed by atoms with E-state index in [1.165, 1.54) is 0 Å². The number of rotatable bonds is 2. The number of carbonyl (C=O) groups excluding carboxylic acids is 1. The lowest BCUT2D eigenvalue weighted by Crippen LogP contribution is -2.03. The van der Waals surface area contributed by atoms with Crippen molar-refractivity contribution in [2.24, 2.45) is 0 Å². The topological polar surface area (TPSA) is 17.1 Å². The van der Waals surface area contributed by atoms with E-state index in [2.05, 4.69) is 0 Å². The van der Waals surface area contributed by atoms with Crippen LogP contribution in [0.15, 0.2) is 48.5 Å². The Hall–Kier alpha value is -1.89. The van der Waals surface area contributed by atoms with Crippen LogP contribution in [0.4, 0.5) is 0 Å². The smallest absolute Gasteiger partial charge is 0.193 e. The Labute approximate surface area is 95.7 Å². The van der Waals surface area contributed by atoms with Gasteiger partial charge in [-0.05, 0) is 25.5 Å². The summed E-state index contributed by atoms with van der Waals surface area (Å²) in [6.45, 7) is 3.96. The van der Waals surface area contributed by atoms with E-state index < -0.39 is 0 Å². The molecule has 0 saturated carbocycles. The summed E-state index contributed by atoms with van der Waals surface area (Å²) in [4.78, 5) is 12.2. The van der Waals surface area contributed by atoms with E-state index in [0.29, 0.717) is 0 Å². The van der Waals surface area contributed by atoms with Crippen molar-refractivity contribution in [3.8, 4) is 0 Å². The van der Waals surface area contributed by atoms with Gasteiger partial charge in [0.25, 0.3) is 0 Å². The maximum Gasteiger partial charge on any atom is 0.193 e. The van der Waals surface area contributed by atoms with Gasteiger partial charge in [-0.3, -0.25) is 4.79 Å². The first kappa shape index (κ1) is 10.6. The summed E-state index contributed by atoms with van der Waals surface area (Å²) in [5, 5.41) is 0. The van der Waals surface area contributed by atoms with Crippen molar-refractivity contribution in [2.75, 3.05) is 0 Å². The standard InChI is InChI=1S/C15H14O/c1-11-6-5-8-13(10-11)15(16)14-9-4-3-7-12(14)2/h3-10H,1-2H3. The van der Waals surface area contributed by atoms with Crippen LogP contribution in [-0.4, -0.2) is 5.78 Å². The van der Waals surface area contributed by atoms with Gasteiger partial charge < -0.3 is 0 Å². The van der Waals surface area contributed by atoms with Crippen LogP contribution >= 0.6 is 0 Å². The molecule has 0 aliphatic rings. The van der Waals surface area contributed by atoms with Crippen molar-refractivity contribution in [3.63, 3.8) is 0 Å². The van der Waals surface area contributed by atoms with Crippen molar-refractivity contribution >= 4 is 5.78 Å². The van der Waals surface area contributed by atoms with Crippen LogP contribution in [0.3, 0.4) is 0 Å². The molecule has 0 saturated heterocycles. The Morgan fingerprint density at radius 1 is 0.938 bits per heavy atom. The molecule has 80 valence electrons. The summed E-state index contributed by atoms with van der Waals surface area (Å²) < 4.78 is 0. The monoisotopic (exact) mass is 210 g/mol. The van der Waals surface area contributed by atoms with Gasteiger partial charge in [-0.25, -0.2) is 0 Å². The molecule has 1 nitrogen and oxygen atoms in total. The molecule has 2 aromatic carbocycles. The number of carbonyl (C=O) groups is 1. The third kappa shape index (κ3) is 2.03. The van der Waals surface area contributed by atoms with E-state index >= 15 is 0 Å². The molecule has 0 heterocycles. The Balaban J connectivity index is 2.44. The summed E-state index contributed by atoms with van der Waals surface area (Å²) in [5.41, 5.74) is 3.68. The molecular formula is C15H14O. The normalized spacial score (nSPS) is 10.1. The molecule has 0 bridgehead atoms. The van der Waals surface area contributed by atoms with Gasteiger partial charge in [-0.2, -0.15) is 0 Å². The summed E-state index contributed by atoms with van der Waals surface area (Å²) in [7, 11) is 0. The maximum atomic E-state index is 12.2. The molecule has 2 aromatic rings. The highest BCUT2D eigenvalue weighted by Gasteiger charge is 2.10. The predicted molar refractivity (Wildman–Crippen MR) is 65.8 cm³/mol. The van der Waals surface area contributed by atoms with Gasteiger partial charge in [0.15, 0.2) is 5.78 Å². The molecule has 0 unspecified atom stereocenters. The Bertz CT molecular complexity index is 526. The molecule has 16 heavy (non-hydrogen) atoms. The average molecular weight is 210 g/mol. The van der Waals surface area contributed by atoms with Gasteiger partial charge in [0.1, 0.15) is 0 Å². The van der Waals surface area contributed by atoms with Gasteiger partial charge in [0.2, 0.25) is 0 Å². The third-order valence-electron chi connectivity index (χ3n) is 2.67. The van der Waals surface area contributed by atoms with Gasteiger partial charge in [0, 0.05) is 11.1 Å². The van der Waals surface area contributed by atoms with Crippen molar-refractivity contribution in [3.05, 3.63) is 70.8 Å². The Kier molecular flexibility index (Phi) is 2.86. The van der Waals surface area contributed by atoms with Crippen LogP contribution in [0.5, 0.6) is 0 Å². The number of benzene rings is 2. The van der Waals surface area contributed by atoms with E-state index in [-0.39, 0.29) is 5.78 Å². The minimum Gasteiger partial charge on any atom is -0.289 e. The lowest BCUT2D eigenvalue weighted by molar-refractivity contribution is 0.103. The molecule has 0 N–H and O–H groups in total. The minimum atomic E-state index is 0.0989. The maximum absolute atomic E-state index is 12.2. The second-order valence-electron chi connectivity index (χ2n) is 4.01. The molecule has 0 aliphatic carbocycles. The highest BCUT2D eigenvalue weighted by molar-refractivity contribution is 6.09. The van der Waals surface area contributed by atoms with Crippen LogP contribution in [0.25, 0.3) is 0 Å². The number of aryl methyl sites for hydroxylation is 2. The molecule has 0 amide bonds. The van der Waals surface area contributed by atoms with E-state index in [9.17, 15) is 4.79 Å². The van der Waals surface area contributed by atoms with Crippen LogP contribution in [0, 0.1) is 13.8 Å². The fourth-order valence-corrected chi connectivity index (χ4v) is 1.77. The molecule has 0 aromatic heterocycles. The summed E-state index contributed by atoms with van der Waals surface area (Å²) in [6, 6.07) is 15.4. The van der Waals surface area contributed by atoms with Crippen molar-refractivity contribution in [1.82, 2.24) is 0 Å². The molecule has 0 radical (unpaired) electrons. The zero-order valence-corrected chi connectivity index (χ0v) is 9.53. The lowest BCUT2D eigenvalue weighted by Gasteiger charge is -2.05. The second-order valence-corrected chi connectivity index (χ2v) is 4.01. The fraction of sp³-hybridized carbons (Fsp3) is 0.133. The second kappa shape index (κ2) is 4.31. The summed E-state index contributed by atoms with van der Waals surface area (Å²) in [5.74, 6) is 0.0989. The zero-order valence-electron chi connectivity index (χ0n) is 9.53. The highest BCUT2D eigenvalue weighted by atomic mass is 16.1. The first-order valence-electron chi connectivity index (χ1n) is 5.35. The van der Waals surface area contributed by atoms with E-state index in [4.69, 9.17) is 0 Å². The fourth-order valence-electron chi connectivity index (χ4n) is 1.77. The van der Waals surface area contributed by atoms with E-state index in [1.54, 1.807) is 0 Å². The Morgan fingerprint density at radius 3 is 2.38 bits per heavy atom. The number of hydrogen-bond acceptors (Lipinski definition) is 1. The van der Waals surface area contributed by atoms with Crippen molar-refractivity contribution < 1.29 is 4.79 Å². The van der Waals surface area contributed by atoms with Crippen LogP contribution in [0.1, 0.15) is 27.0 Å². The molecule has 2 rings (SSSR count). The van der Waals surface area contributed by atoms with Crippen LogP contribution in [0.2, 0.25) is 0 Å². The first-order chi connectivity index (χ1) is 7.68. The number of ketones is 1. The average Bonchev–Trinajstić information content (AvgIpc) is 2.29. The summed E-state index contributed by atoms with van der Waals surface area (Å²) >= 11 is 0. The molecule has 0 atom stereocenters. The van der Waals surface area contributed by atoms with Gasteiger partial charge in [-0.15, -0.1) is 0 Å². The van der Waals surface area contributed by atoms with Crippen molar-refractivity contribution in [2.45, 2.75) is 13.8 Å². The number of hydrogen-bond donors (Lipinski definition) is 0. The van der Waals surface area contributed by atoms with Crippen LogP contribution < -0.4 is 0 Å². The summed E-state index contributed by atoms with van der Waals surface area (Å²) in [6.07, 6.45) is 0. The first-order valence-corrected chi connectivity index (χ1v) is 5.35. The molecular weight excluding hydrogens is 196 g/mol. The molecule has 0 aliphatic heterocycles. The van der Waals surface area contributed by atoms with E-state index in [1.807, 2.05) is 62.4 Å². The third-order valence-corrected chi connectivity index (χ3v) is 2.67. The largest absolute Gasteiger partial charge is 0.289 e.